The highest BCUT2D eigenvalue weighted by Gasteiger charge is 2.29. The molecule has 9 heteroatoms. The number of nitrogens with one attached hydrogen (secondary N) is 1. The average Bonchev–Trinajstić information content (AvgIpc) is 3.15. The van der Waals surface area contributed by atoms with Gasteiger partial charge in [-0.1, -0.05) is 18.3 Å². The van der Waals surface area contributed by atoms with Crippen LogP contribution in [0.4, 0.5) is 13.9 Å². The molecule has 1 amide bonds. The van der Waals surface area contributed by atoms with Crippen LogP contribution in [0.5, 0.6) is 0 Å². The first-order valence-electron chi connectivity index (χ1n) is 10.9. The second-order valence-corrected chi connectivity index (χ2v) is 9.61. The maximum atomic E-state index is 13.7. The maximum absolute atomic E-state index is 13.7. The Morgan fingerprint density at radius 3 is 2.74 bits per heavy atom. The molecule has 6 nitrogen and oxygen atoms in total. The summed E-state index contributed by atoms with van der Waals surface area (Å²) < 4.78 is 26.7. The highest BCUT2D eigenvalue weighted by atomic mass is 32.1. The molecule has 168 valence electrons. The van der Waals surface area contributed by atoms with E-state index < -0.39 is 11.6 Å². The monoisotopic (exact) mass is 449 g/mol. The van der Waals surface area contributed by atoms with Crippen LogP contribution < -0.4 is 10.2 Å². The number of carbonyl (C=O) groups excluding carboxylic acids is 1. The summed E-state index contributed by atoms with van der Waals surface area (Å²) in [5.41, 5.74) is 0.670. The lowest BCUT2D eigenvalue weighted by molar-refractivity contribution is 0.0953. The Labute approximate surface area is 185 Å². The molecule has 2 aliphatic rings. The first kappa shape index (κ1) is 22.1. The number of thiazole rings is 1. The van der Waals surface area contributed by atoms with Gasteiger partial charge in [0.1, 0.15) is 16.5 Å². The molecule has 2 aliphatic heterocycles. The van der Waals surface area contributed by atoms with E-state index >= 15 is 0 Å². The van der Waals surface area contributed by atoms with Gasteiger partial charge >= 0.3 is 0 Å². The van der Waals surface area contributed by atoms with E-state index in [-0.39, 0.29) is 18.1 Å². The fourth-order valence-corrected chi connectivity index (χ4v) is 5.56. The van der Waals surface area contributed by atoms with Gasteiger partial charge in [0.15, 0.2) is 5.13 Å². The lowest BCUT2D eigenvalue weighted by Gasteiger charge is -2.41. The Kier molecular flexibility index (Phi) is 6.81. The van der Waals surface area contributed by atoms with E-state index in [0.29, 0.717) is 16.6 Å². The Morgan fingerprint density at radius 1 is 1.26 bits per heavy atom. The molecule has 1 atom stereocenters. The largest absolute Gasteiger partial charge is 0.348 e. The zero-order valence-electron chi connectivity index (χ0n) is 18.0. The molecule has 2 fully saturated rings. The molecule has 2 saturated heterocycles. The number of piperidine rings is 2. The van der Waals surface area contributed by atoms with E-state index in [1.54, 1.807) is 0 Å². The topological polar surface area (TPSA) is 61.4 Å². The van der Waals surface area contributed by atoms with Crippen LogP contribution in [0, 0.1) is 24.5 Å². The van der Waals surface area contributed by atoms with E-state index in [1.807, 2.05) is 6.92 Å². The highest BCUT2D eigenvalue weighted by molar-refractivity contribution is 7.17. The number of aryl methyl sites for hydroxylation is 1. The summed E-state index contributed by atoms with van der Waals surface area (Å²) in [6.07, 6.45) is 5.80. The van der Waals surface area contributed by atoms with E-state index in [1.165, 1.54) is 37.3 Å². The minimum absolute atomic E-state index is 0.00578. The van der Waals surface area contributed by atoms with Crippen molar-refractivity contribution in [1.29, 1.82) is 0 Å². The average molecular weight is 450 g/mol. The van der Waals surface area contributed by atoms with Crippen LogP contribution in [0.3, 0.4) is 0 Å². The third-order valence-corrected chi connectivity index (χ3v) is 7.45. The summed E-state index contributed by atoms with van der Waals surface area (Å²) >= 11 is 1.37. The molecule has 0 bridgehead atoms. The van der Waals surface area contributed by atoms with Crippen molar-refractivity contribution in [2.75, 3.05) is 31.1 Å². The van der Waals surface area contributed by atoms with E-state index in [9.17, 15) is 13.6 Å². The molecular formula is C22H29F2N5OS. The molecular weight excluding hydrogens is 420 g/mol. The van der Waals surface area contributed by atoms with Crippen molar-refractivity contribution < 1.29 is 13.6 Å². The third kappa shape index (κ3) is 5.20. The van der Waals surface area contributed by atoms with E-state index in [0.717, 1.165) is 49.2 Å². The number of hydrogen-bond acceptors (Lipinski definition) is 6. The number of amides is 1. The Bertz CT molecular complexity index is 929. The number of likely N-dealkylation sites (tertiary alicyclic amines) is 1. The lowest BCUT2D eigenvalue weighted by Crippen LogP contribution is -2.48. The number of nitrogens with zero attached hydrogens (tertiary/aromatic N) is 4. The van der Waals surface area contributed by atoms with Gasteiger partial charge < -0.3 is 10.2 Å². The van der Waals surface area contributed by atoms with Crippen molar-refractivity contribution in [2.45, 2.75) is 52.1 Å². The number of halogens is 2. The highest BCUT2D eigenvalue weighted by Crippen LogP contribution is 2.30. The Hall–Kier alpha value is -2.13. The SMILES string of the molecule is Cc1nc(N2CCC(N3CCC[C@@H](C)C3)CC2)sc1C(=O)NCc1ncc(F)cc1F. The zero-order chi connectivity index (χ0) is 22.0. The van der Waals surface area contributed by atoms with Crippen molar-refractivity contribution in [2.24, 2.45) is 5.92 Å². The second kappa shape index (κ2) is 9.56. The minimum Gasteiger partial charge on any atom is -0.348 e. The van der Waals surface area contributed by atoms with Crippen LogP contribution in [0.2, 0.25) is 0 Å². The van der Waals surface area contributed by atoms with Crippen LogP contribution in [-0.2, 0) is 6.54 Å². The molecule has 4 rings (SSSR count). The molecule has 31 heavy (non-hydrogen) atoms. The van der Waals surface area contributed by atoms with Crippen LogP contribution in [0.25, 0.3) is 0 Å². The molecule has 4 heterocycles. The summed E-state index contributed by atoms with van der Waals surface area (Å²) in [7, 11) is 0. The fourth-order valence-electron chi connectivity index (χ4n) is 4.53. The van der Waals surface area contributed by atoms with Crippen LogP contribution >= 0.6 is 11.3 Å². The number of pyridine rings is 1. The van der Waals surface area contributed by atoms with Crippen LogP contribution in [0.1, 0.15) is 53.7 Å². The normalized spacial score (nSPS) is 20.8. The Balaban J connectivity index is 1.33. The summed E-state index contributed by atoms with van der Waals surface area (Å²) in [6, 6.07) is 1.40. The van der Waals surface area contributed by atoms with Crippen molar-refractivity contribution in [3.63, 3.8) is 0 Å². The Morgan fingerprint density at radius 2 is 2.03 bits per heavy atom. The van der Waals surface area contributed by atoms with Crippen molar-refractivity contribution in [3.05, 3.63) is 40.2 Å². The fraction of sp³-hybridized carbons (Fsp3) is 0.591. The van der Waals surface area contributed by atoms with Crippen molar-refractivity contribution >= 4 is 22.4 Å². The van der Waals surface area contributed by atoms with Gasteiger partial charge in [0, 0.05) is 31.7 Å². The first-order chi connectivity index (χ1) is 14.9. The summed E-state index contributed by atoms with van der Waals surface area (Å²) in [5.74, 6) is -1.04. The smallest absolute Gasteiger partial charge is 0.263 e. The van der Waals surface area contributed by atoms with Gasteiger partial charge in [-0.15, -0.1) is 0 Å². The van der Waals surface area contributed by atoms with Gasteiger partial charge in [0.25, 0.3) is 5.91 Å². The summed E-state index contributed by atoms with van der Waals surface area (Å²) in [4.78, 5) is 26.4. The standard InChI is InChI=1S/C22H29F2N5OS/c1-14-4-3-7-29(13-14)17-5-8-28(9-6-17)22-27-15(2)20(31-22)21(30)26-12-19-18(24)10-16(23)11-25-19/h10-11,14,17H,3-9,12-13H2,1-2H3,(H,26,30)/t14-/m1/s1. The maximum Gasteiger partial charge on any atom is 0.263 e. The van der Waals surface area contributed by atoms with Gasteiger partial charge in [-0.25, -0.2) is 13.8 Å². The van der Waals surface area contributed by atoms with E-state index in [4.69, 9.17) is 0 Å². The van der Waals surface area contributed by atoms with Gasteiger partial charge in [-0.3, -0.25) is 14.7 Å². The second-order valence-electron chi connectivity index (χ2n) is 8.64. The van der Waals surface area contributed by atoms with Crippen molar-refractivity contribution in [3.8, 4) is 0 Å². The van der Waals surface area contributed by atoms with Crippen LogP contribution in [-0.4, -0.2) is 53.0 Å². The van der Waals surface area contributed by atoms with Crippen molar-refractivity contribution in [1.82, 2.24) is 20.2 Å². The molecule has 0 aromatic carbocycles. The van der Waals surface area contributed by atoms with Gasteiger partial charge in [0.05, 0.1) is 24.1 Å². The summed E-state index contributed by atoms with van der Waals surface area (Å²) in [6.45, 7) is 8.34. The molecule has 0 unspecified atom stereocenters. The van der Waals surface area contributed by atoms with E-state index in [2.05, 4.69) is 32.0 Å². The molecule has 2 aromatic heterocycles. The third-order valence-electron chi connectivity index (χ3n) is 6.23. The van der Waals surface area contributed by atoms with Gasteiger partial charge in [0.2, 0.25) is 0 Å². The minimum atomic E-state index is -0.770. The first-order valence-corrected chi connectivity index (χ1v) is 11.8. The lowest BCUT2D eigenvalue weighted by atomic mass is 9.95. The molecule has 0 radical (unpaired) electrons. The molecule has 0 spiro atoms. The molecule has 1 N–H and O–H groups in total. The quantitative estimate of drug-likeness (QED) is 0.753. The zero-order valence-corrected chi connectivity index (χ0v) is 18.9. The number of carbonyl (C=O) groups is 1. The van der Waals surface area contributed by atoms with Gasteiger partial charge in [-0.05, 0) is 45.1 Å². The van der Waals surface area contributed by atoms with Gasteiger partial charge in [-0.2, -0.15) is 0 Å². The van der Waals surface area contributed by atoms with Crippen LogP contribution in [0.15, 0.2) is 12.3 Å². The number of aromatic nitrogens is 2. The predicted molar refractivity (Wildman–Crippen MR) is 117 cm³/mol. The number of anilines is 1. The summed E-state index contributed by atoms with van der Waals surface area (Å²) in [5, 5.41) is 3.53. The predicted octanol–water partition coefficient (Wildman–Crippen LogP) is 3.76. The molecule has 0 aliphatic carbocycles. The molecule has 2 aromatic rings. The molecule has 0 saturated carbocycles. The number of hydrogen-bond donors (Lipinski definition) is 1. The number of rotatable bonds is 5.